The summed E-state index contributed by atoms with van der Waals surface area (Å²) in [5.74, 6) is 0.601. The third-order valence-corrected chi connectivity index (χ3v) is 4.22. The molecule has 2 rings (SSSR count). The highest BCUT2D eigenvalue weighted by Crippen LogP contribution is 2.29. The van der Waals surface area contributed by atoms with E-state index in [4.69, 9.17) is 0 Å². The Labute approximate surface area is 116 Å². The molecule has 1 fully saturated rings. The van der Waals surface area contributed by atoms with Gasteiger partial charge in [0.1, 0.15) is 5.82 Å². The lowest BCUT2D eigenvalue weighted by Gasteiger charge is -2.19. The van der Waals surface area contributed by atoms with Crippen LogP contribution in [0, 0.1) is 18.7 Å². The number of halogens is 1. The number of aryl methyl sites for hydroxylation is 1. The smallest absolute Gasteiger partial charge is 0.227 e. The molecule has 19 heavy (non-hydrogen) atoms. The van der Waals surface area contributed by atoms with Crippen LogP contribution >= 0.6 is 11.8 Å². The first kappa shape index (κ1) is 14.1. The van der Waals surface area contributed by atoms with E-state index in [1.54, 1.807) is 17.9 Å². The number of anilines is 1. The van der Waals surface area contributed by atoms with E-state index in [-0.39, 0.29) is 22.8 Å². The molecule has 1 atom stereocenters. The Morgan fingerprint density at radius 1 is 1.53 bits per heavy atom. The topological polar surface area (TPSA) is 37.4 Å². The van der Waals surface area contributed by atoms with E-state index in [1.165, 1.54) is 30.8 Å². The van der Waals surface area contributed by atoms with Gasteiger partial charge in [-0.3, -0.25) is 9.59 Å². The molecule has 0 N–H and O–H groups in total. The largest absolute Gasteiger partial charge is 0.312 e. The van der Waals surface area contributed by atoms with Gasteiger partial charge in [0.2, 0.25) is 5.91 Å². The number of amides is 1. The molecule has 0 aliphatic carbocycles. The van der Waals surface area contributed by atoms with E-state index in [0.717, 1.165) is 11.3 Å². The maximum atomic E-state index is 13.1. The first-order valence-corrected chi connectivity index (χ1v) is 7.16. The third kappa shape index (κ3) is 3.35. The number of benzene rings is 1. The van der Waals surface area contributed by atoms with Crippen molar-refractivity contribution in [2.45, 2.75) is 20.3 Å². The van der Waals surface area contributed by atoms with Crippen LogP contribution in [0.25, 0.3) is 0 Å². The van der Waals surface area contributed by atoms with Gasteiger partial charge in [-0.15, -0.1) is 0 Å². The number of carbonyl (C=O) groups excluding carboxylic acids is 2. The van der Waals surface area contributed by atoms with Crippen molar-refractivity contribution in [3.8, 4) is 0 Å². The van der Waals surface area contributed by atoms with Gasteiger partial charge in [0.15, 0.2) is 5.12 Å². The Kier molecular flexibility index (Phi) is 4.24. The summed E-state index contributed by atoms with van der Waals surface area (Å²) in [5.41, 5.74) is 1.52. The molecule has 0 saturated carbocycles. The molecule has 1 unspecified atom stereocenters. The quantitative estimate of drug-likeness (QED) is 0.855. The van der Waals surface area contributed by atoms with Crippen LogP contribution in [0.5, 0.6) is 0 Å². The number of rotatable bonds is 3. The van der Waals surface area contributed by atoms with Crippen LogP contribution in [0.4, 0.5) is 10.1 Å². The predicted molar refractivity (Wildman–Crippen MR) is 74.7 cm³/mol. The number of hydrogen-bond donors (Lipinski definition) is 0. The van der Waals surface area contributed by atoms with Gasteiger partial charge < -0.3 is 4.90 Å². The third-order valence-electron chi connectivity index (χ3n) is 3.18. The van der Waals surface area contributed by atoms with Gasteiger partial charge in [-0.2, -0.15) is 0 Å². The molecule has 1 aromatic carbocycles. The van der Waals surface area contributed by atoms with Crippen LogP contribution < -0.4 is 4.90 Å². The maximum Gasteiger partial charge on any atom is 0.227 e. The Balaban J connectivity index is 2.09. The molecule has 1 aromatic rings. The molecule has 0 bridgehead atoms. The van der Waals surface area contributed by atoms with Crippen molar-refractivity contribution in [3.63, 3.8) is 0 Å². The summed E-state index contributed by atoms with van der Waals surface area (Å²) in [6.07, 6.45) is 0.455. The van der Waals surface area contributed by atoms with Crippen molar-refractivity contribution >= 4 is 28.5 Å². The summed E-state index contributed by atoms with van der Waals surface area (Å²) in [7, 11) is 0. The lowest BCUT2D eigenvalue weighted by Crippen LogP contribution is -2.25. The van der Waals surface area contributed by atoms with Gasteiger partial charge in [0, 0.05) is 31.3 Å². The summed E-state index contributed by atoms with van der Waals surface area (Å²) < 4.78 is 13.1. The first-order chi connectivity index (χ1) is 8.97. The maximum absolute atomic E-state index is 13.1. The van der Waals surface area contributed by atoms with Crippen LogP contribution in [-0.4, -0.2) is 23.3 Å². The van der Waals surface area contributed by atoms with Gasteiger partial charge in [-0.1, -0.05) is 11.8 Å². The average Bonchev–Trinajstić information content (AvgIpc) is 2.68. The molecule has 0 spiro atoms. The molecule has 0 radical (unpaired) electrons. The fraction of sp³-hybridized carbons (Fsp3) is 0.429. The number of thioether (sulfide) groups is 1. The number of nitrogens with zero attached hydrogens (tertiary/aromatic N) is 1. The van der Waals surface area contributed by atoms with E-state index in [1.807, 2.05) is 0 Å². The normalized spacial score (nSPS) is 19.0. The Morgan fingerprint density at radius 3 is 2.89 bits per heavy atom. The van der Waals surface area contributed by atoms with E-state index in [9.17, 15) is 14.0 Å². The first-order valence-electron chi connectivity index (χ1n) is 6.17. The van der Waals surface area contributed by atoms with Crippen LogP contribution in [0.1, 0.15) is 18.9 Å². The Morgan fingerprint density at radius 2 is 2.26 bits per heavy atom. The monoisotopic (exact) mass is 281 g/mol. The van der Waals surface area contributed by atoms with Crippen LogP contribution in [-0.2, 0) is 9.59 Å². The van der Waals surface area contributed by atoms with Crippen LogP contribution in [0.3, 0.4) is 0 Å². The zero-order valence-electron chi connectivity index (χ0n) is 11.0. The van der Waals surface area contributed by atoms with Gasteiger partial charge in [-0.25, -0.2) is 4.39 Å². The van der Waals surface area contributed by atoms with Crippen molar-refractivity contribution in [1.29, 1.82) is 0 Å². The summed E-state index contributed by atoms with van der Waals surface area (Å²) in [6, 6.07) is 4.44. The minimum Gasteiger partial charge on any atom is -0.312 e. The van der Waals surface area contributed by atoms with Gasteiger partial charge in [0.05, 0.1) is 0 Å². The minimum atomic E-state index is -0.295. The number of hydrogen-bond acceptors (Lipinski definition) is 3. The standard InChI is InChI=1S/C14H16FNO2S/c1-9-5-12(15)3-4-13(9)16-7-11(6-14(16)18)8-19-10(2)17/h3-5,11H,6-8H2,1-2H3. The summed E-state index contributed by atoms with van der Waals surface area (Å²) in [5, 5.41) is 0.0730. The van der Waals surface area contributed by atoms with Gasteiger partial charge in [-0.05, 0) is 36.6 Å². The molecule has 1 amide bonds. The molecule has 1 heterocycles. The molecular weight excluding hydrogens is 265 g/mol. The highest BCUT2D eigenvalue weighted by atomic mass is 32.2. The zero-order valence-corrected chi connectivity index (χ0v) is 11.8. The van der Waals surface area contributed by atoms with E-state index in [2.05, 4.69) is 0 Å². The molecule has 102 valence electrons. The molecule has 5 heteroatoms. The van der Waals surface area contributed by atoms with Gasteiger partial charge >= 0.3 is 0 Å². The van der Waals surface area contributed by atoms with Crippen molar-refractivity contribution in [1.82, 2.24) is 0 Å². The molecule has 1 aliphatic heterocycles. The fourth-order valence-corrected chi connectivity index (χ4v) is 2.98. The average molecular weight is 281 g/mol. The Bertz CT molecular complexity index is 518. The highest BCUT2D eigenvalue weighted by Gasteiger charge is 2.31. The second-order valence-electron chi connectivity index (χ2n) is 4.81. The zero-order chi connectivity index (χ0) is 14.0. The summed E-state index contributed by atoms with van der Waals surface area (Å²) in [6.45, 7) is 3.93. The summed E-state index contributed by atoms with van der Waals surface area (Å²) >= 11 is 1.26. The predicted octanol–water partition coefficient (Wildman–Crippen LogP) is 2.77. The van der Waals surface area contributed by atoms with E-state index < -0.39 is 0 Å². The molecule has 1 aliphatic rings. The molecular formula is C14H16FNO2S. The van der Waals surface area contributed by atoms with Crippen LogP contribution in [0.15, 0.2) is 18.2 Å². The second kappa shape index (κ2) is 5.74. The number of carbonyl (C=O) groups is 2. The highest BCUT2D eigenvalue weighted by molar-refractivity contribution is 8.13. The fourth-order valence-electron chi connectivity index (χ4n) is 2.28. The SMILES string of the molecule is CC(=O)SCC1CC(=O)N(c2ccc(F)cc2C)C1. The Hall–Kier alpha value is -1.36. The summed E-state index contributed by atoms with van der Waals surface area (Å²) in [4.78, 5) is 24.6. The lowest BCUT2D eigenvalue weighted by atomic mass is 10.1. The van der Waals surface area contributed by atoms with Crippen molar-refractivity contribution in [3.05, 3.63) is 29.6 Å². The van der Waals surface area contributed by atoms with Crippen molar-refractivity contribution < 1.29 is 14.0 Å². The molecule has 3 nitrogen and oxygen atoms in total. The van der Waals surface area contributed by atoms with Gasteiger partial charge in [0.25, 0.3) is 0 Å². The van der Waals surface area contributed by atoms with Crippen molar-refractivity contribution in [2.24, 2.45) is 5.92 Å². The van der Waals surface area contributed by atoms with Crippen molar-refractivity contribution in [2.75, 3.05) is 17.2 Å². The second-order valence-corrected chi connectivity index (χ2v) is 6.00. The molecule has 1 saturated heterocycles. The minimum absolute atomic E-state index is 0.0452. The van der Waals surface area contributed by atoms with Crippen LogP contribution in [0.2, 0.25) is 0 Å². The van der Waals surface area contributed by atoms with E-state index in [0.29, 0.717) is 18.7 Å². The lowest BCUT2D eigenvalue weighted by molar-refractivity contribution is -0.117. The molecule has 0 aromatic heterocycles. The van der Waals surface area contributed by atoms with E-state index >= 15 is 0 Å².